The zero-order valence-corrected chi connectivity index (χ0v) is 12.1. The topological polar surface area (TPSA) is 63.8 Å². The third kappa shape index (κ3) is 3.17. The van der Waals surface area contributed by atoms with E-state index in [1.54, 1.807) is 24.4 Å². The summed E-state index contributed by atoms with van der Waals surface area (Å²) in [4.78, 5) is 8.84. The molecule has 0 saturated carbocycles. The van der Waals surface area contributed by atoms with E-state index in [1.165, 1.54) is 16.8 Å². The maximum absolute atomic E-state index is 13.0. The fraction of sp³-hybridized carbons (Fsp3) is 0.188. The van der Waals surface area contributed by atoms with Crippen molar-refractivity contribution in [2.24, 2.45) is 0 Å². The lowest BCUT2D eigenvalue weighted by atomic mass is 10.1. The van der Waals surface area contributed by atoms with Crippen LogP contribution in [0.25, 0.3) is 5.95 Å². The first kappa shape index (κ1) is 14.3. The van der Waals surface area contributed by atoms with E-state index in [-0.39, 0.29) is 12.4 Å². The van der Waals surface area contributed by atoms with Crippen LogP contribution < -0.4 is 0 Å². The summed E-state index contributed by atoms with van der Waals surface area (Å²) in [5, 5.41) is 13.3. The maximum atomic E-state index is 13.0. The van der Waals surface area contributed by atoms with E-state index >= 15 is 0 Å². The van der Waals surface area contributed by atoms with Crippen molar-refractivity contribution in [2.75, 3.05) is 0 Å². The molecule has 0 bridgehead atoms. The fourth-order valence-corrected chi connectivity index (χ4v) is 2.18. The van der Waals surface area contributed by atoms with E-state index in [1.807, 2.05) is 13.0 Å². The van der Waals surface area contributed by atoms with Crippen molar-refractivity contribution in [3.63, 3.8) is 0 Å². The van der Waals surface area contributed by atoms with Crippen molar-refractivity contribution in [3.05, 3.63) is 71.1 Å². The molecule has 3 rings (SSSR count). The molecule has 112 valence electrons. The number of hydrogen-bond donors (Lipinski definition) is 1. The molecule has 0 fully saturated rings. The smallest absolute Gasteiger partial charge is 0.250 e. The van der Waals surface area contributed by atoms with Gasteiger partial charge in [-0.05, 0) is 36.8 Å². The van der Waals surface area contributed by atoms with Gasteiger partial charge in [-0.3, -0.25) is 0 Å². The van der Waals surface area contributed by atoms with Crippen LogP contribution in [0.5, 0.6) is 0 Å². The highest BCUT2D eigenvalue weighted by Crippen LogP contribution is 2.12. The molecular weight excluding hydrogens is 283 g/mol. The molecule has 0 atom stereocenters. The van der Waals surface area contributed by atoms with E-state index in [0.29, 0.717) is 18.1 Å². The summed E-state index contributed by atoms with van der Waals surface area (Å²) in [6.07, 6.45) is 2.30. The Kier molecular flexibility index (Phi) is 3.93. The van der Waals surface area contributed by atoms with Crippen LogP contribution in [0.1, 0.15) is 22.6 Å². The van der Waals surface area contributed by atoms with Gasteiger partial charge in [-0.25, -0.2) is 19.0 Å². The Balaban J connectivity index is 1.90. The Morgan fingerprint density at radius 1 is 1.09 bits per heavy atom. The predicted molar refractivity (Wildman–Crippen MR) is 79.0 cm³/mol. The highest BCUT2D eigenvalue weighted by atomic mass is 19.1. The molecule has 0 aliphatic heterocycles. The van der Waals surface area contributed by atoms with Gasteiger partial charge in [-0.2, -0.15) is 5.10 Å². The minimum absolute atomic E-state index is 0.124. The third-order valence-electron chi connectivity index (χ3n) is 3.21. The van der Waals surface area contributed by atoms with E-state index in [2.05, 4.69) is 15.1 Å². The van der Waals surface area contributed by atoms with Crippen molar-refractivity contribution in [3.8, 4) is 5.95 Å². The van der Waals surface area contributed by atoms with Gasteiger partial charge in [0.05, 0.1) is 18.0 Å². The number of halogens is 1. The summed E-state index contributed by atoms with van der Waals surface area (Å²) >= 11 is 0. The van der Waals surface area contributed by atoms with Crippen LogP contribution in [-0.2, 0) is 13.0 Å². The van der Waals surface area contributed by atoms with Crippen LogP contribution >= 0.6 is 0 Å². The van der Waals surface area contributed by atoms with E-state index in [4.69, 9.17) is 5.11 Å². The number of aryl methyl sites for hydroxylation is 1. The van der Waals surface area contributed by atoms with Crippen molar-refractivity contribution in [1.82, 2.24) is 19.7 Å². The van der Waals surface area contributed by atoms with E-state index in [0.717, 1.165) is 17.0 Å². The van der Waals surface area contributed by atoms with Crippen molar-refractivity contribution >= 4 is 0 Å². The van der Waals surface area contributed by atoms with Gasteiger partial charge in [0.2, 0.25) is 0 Å². The van der Waals surface area contributed by atoms with Gasteiger partial charge in [0.15, 0.2) is 0 Å². The van der Waals surface area contributed by atoms with Crippen molar-refractivity contribution < 1.29 is 9.50 Å². The quantitative estimate of drug-likeness (QED) is 0.802. The zero-order valence-electron chi connectivity index (χ0n) is 12.1. The summed E-state index contributed by atoms with van der Waals surface area (Å²) in [7, 11) is 0. The lowest BCUT2D eigenvalue weighted by Gasteiger charge is -2.06. The number of benzene rings is 1. The predicted octanol–water partition coefficient (Wildman–Crippen LogP) is 2.19. The number of hydrogen-bond acceptors (Lipinski definition) is 4. The second-order valence-corrected chi connectivity index (χ2v) is 5.01. The molecule has 0 unspecified atom stereocenters. The van der Waals surface area contributed by atoms with Gasteiger partial charge < -0.3 is 5.11 Å². The molecule has 6 heteroatoms. The van der Waals surface area contributed by atoms with Crippen LogP contribution in [0.2, 0.25) is 0 Å². The number of rotatable bonds is 4. The van der Waals surface area contributed by atoms with Crippen molar-refractivity contribution in [1.29, 1.82) is 0 Å². The molecule has 0 aliphatic rings. The molecule has 3 aromatic rings. The van der Waals surface area contributed by atoms with Gasteiger partial charge in [0.25, 0.3) is 5.95 Å². The zero-order chi connectivity index (χ0) is 15.5. The van der Waals surface area contributed by atoms with Crippen LogP contribution in [0, 0.1) is 12.7 Å². The molecule has 22 heavy (non-hydrogen) atoms. The molecule has 0 radical (unpaired) electrons. The molecule has 5 nitrogen and oxygen atoms in total. The average molecular weight is 298 g/mol. The van der Waals surface area contributed by atoms with Gasteiger partial charge in [-0.15, -0.1) is 0 Å². The Morgan fingerprint density at radius 2 is 1.86 bits per heavy atom. The van der Waals surface area contributed by atoms with Crippen molar-refractivity contribution in [2.45, 2.75) is 20.0 Å². The Hall–Kier alpha value is -2.60. The summed E-state index contributed by atoms with van der Waals surface area (Å²) in [6, 6.07) is 9.96. The number of aromatic nitrogens is 4. The first-order valence-electron chi connectivity index (χ1n) is 6.89. The first-order valence-corrected chi connectivity index (χ1v) is 6.89. The van der Waals surface area contributed by atoms with E-state index in [9.17, 15) is 4.39 Å². The Morgan fingerprint density at radius 3 is 2.55 bits per heavy atom. The van der Waals surface area contributed by atoms with Gasteiger partial charge >= 0.3 is 0 Å². The second-order valence-electron chi connectivity index (χ2n) is 5.01. The molecule has 0 amide bonds. The lowest BCUT2D eigenvalue weighted by molar-refractivity contribution is 0.276. The number of aliphatic hydroxyl groups excluding tert-OH is 1. The molecule has 1 aromatic carbocycles. The molecule has 0 spiro atoms. The standard InChI is InChI=1S/C16H15FN4O/c1-11-8-15(9-12-2-4-13(17)5-3-12)19-16(18-11)21-7-6-14(10-22)20-21/h2-8,22H,9-10H2,1H3. The summed E-state index contributed by atoms with van der Waals surface area (Å²) in [5.41, 5.74) is 3.19. The number of nitrogens with zero attached hydrogens (tertiary/aromatic N) is 4. The Bertz CT molecular complexity index is 783. The van der Waals surface area contributed by atoms with Gasteiger partial charge in [-0.1, -0.05) is 12.1 Å². The maximum Gasteiger partial charge on any atom is 0.250 e. The average Bonchev–Trinajstić information content (AvgIpc) is 2.98. The van der Waals surface area contributed by atoms with Gasteiger partial charge in [0, 0.05) is 18.3 Å². The second kappa shape index (κ2) is 6.03. The lowest BCUT2D eigenvalue weighted by Crippen LogP contribution is -2.06. The third-order valence-corrected chi connectivity index (χ3v) is 3.21. The Labute approximate surface area is 127 Å². The fourth-order valence-electron chi connectivity index (χ4n) is 2.18. The molecule has 0 saturated heterocycles. The molecule has 2 heterocycles. The normalized spacial score (nSPS) is 10.9. The summed E-state index contributed by atoms with van der Waals surface area (Å²) < 4.78 is 14.5. The molecule has 1 N–H and O–H groups in total. The van der Waals surface area contributed by atoms with Crippen LogP contribution in [-0.4, -0.2) is 24.9 Å². The van der Waals surface area contributed by atoms with Gasteiger partial charge in [0.1, 0.15) is 5.82 Å². The first-order chi connectivity index (χ1) is 10.6. The largest absolute Gasteiger partial charge is 0.390 e. The van der Waals surface area contributed by atoms with Crippen LogP contribution in [0.3, 0.4) is 0 Å². The minimum atomic E-state index is -0.253. The summed E-state index contributed by atoms with van der Waals surface area (Å²) in [5.74, 6) is 0.202. The SMILES string of the molecule is Cc1cc(Cc2ccc(F)cc2)nc(-n2ccc(CO)n2)n1. The van der Waals surface area contributed by atoms with Crippen LogP contribution in [0.4, 0.5) is 4.39 Å². The molecular formula is C16H15FN4O. The molecule has 2 aromatic heterocycles. The highest BCUT2D eigenvalue weighted by molar-refractivity contribution is 5.26. The minimum Gasteiger partial charge on any atom is -0.390 e. The summed E-state index contributed by atoms with van der Waals surface area (Å²) in [6.45, 7) is 1.76. The van der Waals surface area contributed by atoms with Crippen LogP contribution in [0.15, 0.2) is 42.6 Å². The monoisotopic (exact) mass is 298 g/mol. The number of aliphatic hydroxyl groups is 1. The molecule has 0 aliphatic carbocycles. The highest BCUT2D eigenvalue weighted by Gasteiger charge is 2.07. The van der Waals surface area contributed by atoms with E-state index < -0.39 is 0 Å².